The molecule has 2 heterocycles. The second-order valence-electron chi connectivity index (χ2n) is 8.58. The van der Waals surface area contributed by atoms with Crippen LogP contribution >= 0.6 is 0 Å². The van der Waals surface area contributed by atoms with Crippen molar-refractivity contribution in [3.8, 4) is 0 Å². The van der Waals surface area contributed by atoms with Crippen molar-refractivity contribution < 1.29 is 13.2 Å². The van der Waals surface area contributed by atoms with Gasteiger partial charge in [-0.15, -0.1) is 5.10 Å². The maximum absolute atomic E-state index is 12.9. The van der Waals surface area contributed by atoms with E-state index in [4.69, 9.17) is 0 Å². The molecule has 9 nitrogen and oxygen atoms in total. The van der Waals surface area contributed by atoms with Gasteiger partial charge in [-0.1, -0.05) is 36.3 Å². The molecular weight excluding hydrogens is 416 g/mol. The molecule has 0 N–H and O–H groups in total. The van der Waals surface area contributed by atoms with Crippen molar-refractivity contribution in [1.82, 2.24) is 29.1 Å². The van der Waals surface area contributed by atoms with Crippen LogP contribution in [0, 0.1) is 0 Å². The van der Waals surface area contributed by atoms with Gasteiger partial charge >= 0.3 is 0 Å². The monoisotopic (exact) mass is 446 g/mol. The Morgan fingerprint density at radius 3 is 2.32 bits per heavy atom. The average molecular weight is 447 g/mol. The van der Waals surface area contributed by atoms with E-state index in [1.165, 1.54) is 15.2 Å². The van der Waals surface area contributed by atoms with Crippen LogP contribution in [0.4, 0.5) is 0 Å². The minimum atomic E-state index is -3.63. The van der Waals surface area contributed by atoms with E-state index < -0.39 is 10.0 Å². The Balaban J connectivity index is 1.44. The lowest BCUT2D eigenvalue weighted by atomic mass is 9.93. The molecule has 2 fully saturated rings. The zero-order chi connectivity index (χ0) is 22.1. The number of hydrogen-bond donors (Lipinski definition) is 0. The normalized spacial score (nSPS) is 20.1. The van der Waals surface area contributed by atoms with Crippen LogP contribution < -0.4 is 0 Å². The van der Waals surface area contributed by atoms with Crippen molar-refractivity contribution in [2.75, 3.05) is 39.8 Å². The van der Waals surface area contributed by atoms with E-state index in [1.54, 1.807) is 7.05 Å². The number of carbonyl (C=O) groups excluding carboxylic acids is 1. The minimum Gasteiger partial charge on any atom is -0.340 e. The molecular formula is C21H30N6O3S. The minimum absolute atomic E-state index is 0.00720. The fraction of sp³-hybridized carbons (Fsp3) is 0.571. The Hall–Kier alpha value is -2.30. The first-order valence-electron chi connectivity index (χ1n) is 10.7. The zero-order valence-corrected chi connectivity index (χ0v) is 19.0. The molecule has 10 heteroatoms. The highest BCUT2D eigenvalue weighted by molar-refractivity contribution is 7.89. The van der Waals surface area contributed by atoms with Gasteiger partial charge in [0.15, 0.2) is 0 Å². The van der Waals surface area contributed by atoms with Crippen molar-refractivity contribution in [1.29, 1.82) is 0 Å². The predicted octanol–water partition coefficient (Wildman–Crippen LogP) is 1.21. The number of piperazine rings is 1. The molecule has 0 atom stereocenters. The summed E-state index contributed by atoms with van der Waals surface area (Å²) in [6, 6.07) is 9.35. The van der Waals surface area contributed by atoms with Crippen molar-refractivity contribution >= 4 is 15.9 Å². The smallest absolute Gasteiger partial charge is 0.264 e. The number of aryl methyl sites for hydroxylation is 1. The molecule has 31 heavy (non-hydrogen) atoms. The van der Waals surface area contributed by atoms with Crippen molar-refractivity contribution in [3.05, 3.63) is 42.1 Å². The standard InChI is InChI=1S/C21H30N6O3S/c1-24(20(28)18-8-4-3-5-9-18)17-21(10-6-7-11-21)26-12-14-27(15-13-26)31(29,30)19-16-25(2)23-22-19/h3-5,8-9,16H,6-7,10-15,17H2,1-2H3. The second kappa shape index (κ2) is 8.68. The molecule has 1 aromatic heterocycles. The van der Waals surface area contributed by atoms with Gasteiger partial charge in [-0.05, 0) is 25.0 Å². The summed E-state index contributed by atoms with van der Waals surface area (Å²) in [7, 11) is -0.114. The number of rotatable bonds is 6. The van der Waals surface area contributed by atoms with E-state index in [1.807, 2.05) is 42.3 Å². The Bertz CT molecular complexity index is 1010. The number of carbonyl (C=O) groups is 1. The topological polar surface area (TPSA) is 91.6 Å². The third kappa shape index (κ3) is 4.37. The Morgan fingerprint density at radius 1 is 1.10 bits per heavy atom. The summed E-state index contributed by atoms with van der Waals surface area (Å²) < 4.78 is 28.6. The third-order valence-corrected chi connectivity index (χ3v) is 8.29. The van der Waals surface area contributed by atoms with Gasteiger partial charge in [0.1, 0.15) is 0 Å². The van der Waals surface area contributed by atoms with Crippen LogP contribution in [0.5, 0.6) is 0 Å². The lowest BCUT2D eigenvalue weighted by molar-refractivity contribution is 0.0295. The van der Waals surface area contributed by atoms with Gasteiger partial charge in [0.2, 0.25) is 5.03 Å². The average Bonchev–Trinajstić information content (AvgIpc) is 3.44. The lowest BCUT2D eigenvalue weighted by Gasteiger charge is -2.47. The van der Waals surface area contributed by atoms with E-state index in [2.05, 4.69) is 15.2 Å². The quantitative estimate of drug-likeness (QED) is 0.662. The summed E-state index contributed by atoms with van der Waals surface area (Å²) in [6.07, 6.45) is 5.74. The first-order chi connectivity index (χ1) is 14.8. The molecule has 4 rings (SSSR count). The maximum atomic E-state index is 12.9. The molecule has 0 bridgehead atoms. The van der Waals surface area contributed by atoms with Gasteiger partial charge in [-0.2, -0.15) is 4.31 Å². The molecule has 1 amide bonds. The van der Waals surface area contributed by atoms with E-state index >= 15 is 0 Å². The van der Waals surface area contributed by atoms with Crippen LogP contribution in [-0.4, -0.2) is 88.7 Å². The first kappa shape index (κ1) is 21.9. The van der Waals surface area contributed by atoms with Gasteiger partial charge in [0.25, 0.3) is 15.9 Å². The van der Waals surface area contributed by atoms with Gasteiger partial charge < -0.3 is 4.90 Å². The van der Waals surface area contributed by atoms with Crippen molar-refractivity contribution in [2.24, 2.45) is 7.05 Å². The summed E-state index contributed by atoms with van der Waals surface area (Å²) >= 11 is 0. The number of hydrogen-bond acceptors (Lipinski definition) is 6. The maximum Gasteiger partial charge on any atom is 0.264 e. The van der Waals surface area contributed by atoms with Gasteiger partial charge in [0.05, 0.1) is 6.20 Å². The van der Waals surface area contributed by atoms with Crippen LogP contribution in [0.2, 0.25) is 0 Å². The van der Waals surface area contributed by atoms with Crippen LogP contribution in [0.3, 0.4) is 0 Å². The number of nitrogens with zero attached hydrogens (tertiary/aromatic N) is 6. The highest BCUT2D eigenvalue weighted by atomic mass is 32.2. The summed E-state index contributed by atoms with van der Waals surface area (Å²) in [5, 5.41) is 7.53. The largest absolute Gasteiger partial charge is 0.340 e. The van der Waals surface area contributed by atoms with Crippen molar-refractivity contribution in [3.63, 3.8) is 0 Å². The number of aromatic nitrogens is 3. The van der Waals surface area contributed by atoms with Gasteiger partial charge in [-0.3, -0.25) is 14.4 Å². The number of amides is 1. The fourth-order valence-electron chi connectivity index (χ4n) is 4.90. The number of benzene rings is 1. The molecule has 0 spiro atoms. The Kier molecular flexibility index (Phi) is 6.14. The SMILES string of the molecule is CN(CC1(N2CCN(S(=O)(=O)c3cn(C)nn3)CC2)CCCC1)C(=O)c1ccccc1. The molecule has 1 aliphatic carbocycles. The van der Waals surface area contributed by atoms with E-state index in [0.717, 1.165) is 25.7 Å². The lowest BCUT2D eigenvalue weighted by Crippen LogP contribution is -2.60. The summed E-state index contributed by atoms with van der Waals surface area (Å²) in [5.74, 6) is 0.0238. The molecule has 1 aliphatic heterocycles. The molecule has 2 aliphatic rings. The number of sulfonamides is 1. The van der Waals surface area contributed by atoms with Crippen molar-refractivity contribution in [2.45, 2.75) is 36.2 Å². The summed E-state index contributed by atoms with van der Waals surface area (Å²) in [6.45, 7) is 2.77. The van der Waals surface area contributed by atoms with E-state index in [0.29, 0.717) is 38.3 Å². The third-order valence-electron chi connectivity index (χ3n) is 6.53. The fourth-order valence-corrected chi connectivity index (χ4v) is 6.24. The number of likely N-dealkylation sites (N-methyl/N-ethyl adjacent to an activating group) is 1. The van der Waals surface area contributed by atoms with Gasteiger partial charge in [0, 0.05) is 57.9 Å². The van der Waals surface area contributed by atoms with Gasteiger partial charge in [-0.25, -0.2) is 8.42 Å². The first-order valence-corrected chi connectivity index (χ1v) is 12.2. The molecule has 0 radical (unpaired) electrons. The van der Waals surface area contributed by atoms with Crippen LogP contribution in [-0.2, 0) is 17.1 Å². The molecule has 1 aromatic carbocycles. The predicted molar refractivity (Wildman–Crippen MR) is 116 cm³/mol. The molecule has 2 aromatic rings. The molecule has 168 valence electrons. The van der Waals surface area contributed by atoms with E-state index in [-0.39, 0.29) is 16.5 Å². The summed E-state index contributed by atoms with van der Waals surface area (Å²) in [5.41, 5.74) is 0.597. The molecule has 0 unspecified atom stereocenters. The Labute approximate surface area is 183 Å². The zero-order valence-electron chi connectivity index (χ0n) is 18.1. The molecule has 1 saturated heterocycles. The van der Waals surface area contributed by atoms with Crippen LogP contribution in [0.25, 0.3) is 0 Å². The molecule has 1 saturated carbocycles. The Morgan fingerprint density at radius 2 is 1.74 bits per heavy atom. The highest BCUT2D eigenvalue weighted by Crippen LogP contribution is 2.37. The van der Waals surface area contributed by atoms with Crippen LogP contribution in [0.1, 0.15) is 36.0 Å². The second-order valence-corrected chi connectivity index (χ2v) is 10.5. The van der Waals surface area contributed by atoms with Crippen LogP contribution in [0.15, 0.2) is 41.6 Å². The van der Waals surface area contributed by atoms with E-state index in [9.17, 15) is 13.2 Å². The highest BCUT2D eigenvalue weighted by Gasteiger charge is 2.43. The summed E-state index contributed by atoms with van der Waals surface area (Å²) in [4.78, 5) is 17.1.